The molecule has 19 heavy (non-hydrogen) atoms. The van der Waals surface area contributed by atoms with Gasteiger partial charge in [-0.05, 0) is 46.5 Å². The zero-order chi connectivity index (χ0) is 14.8. The molecule has 0 spiro atoms. The summed E-state index contributed by atoms with van der Waals surface area (Å²) in [4.78, 5) is 11.0. The van der Waals surface area contributed by atoms with Crippen LogP contribution in [0.4, 0.5) is 0 Å². The van der Waals surface area contributed by atoms with Gasteiger partial charge in [0.25, 0.3) is 0 Å². The first-order valence-electron chi connectivity index (χ1n) is 6.61. The average Bonchev–Trinajstić information content (AvgIpc) is 2.35. The van der Waals surface area contributed by atoms with E-state index in [2.05, 4.69) is 24.3 Å². The fourth-order valence-corrected chi connectivity index (χ4v) is 1.59. The molecule has 0 aliphatic carbocycles. The van der Waals surface area contributed by atoms with E-state index in [-0.39, 0.29) is 5.97 Å². The molecule has 1 unspecified atom stereocenters. The highest BCUT2D eigenvalue weighted by molar-refractivity contribution is 5.82. The lowest BCUT2D eigenvalue weighted by atomic mass is 10.0. The van der Waals surface area contributed by atoms with Crippen LogP contribution in [0.5, 0.6) is 0 Å². The van der Waals surface area contributed by atoms with E-state index >= 15 is 0 Å². The number of ether oxygens (including phenoxy) is 1. The number of aliphatic hydroxyl groups excluding tert-OH is 1. The number of hydrogen-bond acceptors (Lipinski definition) is 3. The average molecular weight is 266 g/mol. The van der Waals surface area contributed by atoms with Gasteiger partial charge in [-0.25, -0.2) is 4.79 Å². The number of carbonyl (C=O) groups is 1. The van der Waals surface area contributed by atoms with Crippen LogP contribution in [0.15, 0.2) is 35.5 Å². The normalized spacial score (nSPS) is 14.2. The van der Waals surface area contributed by atoms with E-state index in [4.69, 9.17) is 0 Å². The van der Waals surface area contributed by atoms with Gasteiger partial charge in [0.15, 0.2) is 0 Å². The Hall–Kier alpha value is -1.35. The Morgan fingerprint density at radius 2 is 1.89 bits per heavy atom. The summed E-state index contributed by atoms with van der Waals surface area (Å²) in [5, 5.41) is 9.63. The number of allylic oxidation sites excluding steroid dienone is 3. The van der Waals surface area contributed by atoms with Gasteiger partial charge in [-0.3, -0.25) is 0 Å². The van der Waals surface area contributed by atoms with Crippen molar-refractivity contribution in [1.29, 1.82) is 0 Å². The van der Waals surface area contributed by atoms with Crippen LogP contribution in [0, 0.1) is 0 Å². The highest BCUT2D eigenvalue weighted by Gasteiger charge is 2.04. The fourth-order valence-electron chi connectivity index (χ4n) is 1.59. The molecular weight excluding hydrogens is 240 g/mol. The zero-order valence-electron chi connectivity index (χ0n) is 12.5. The van der Waals surface area contributed by atoms with E-state index in [1.165, 1.54) is 18.8 Å². The Kier molecular flexibility index (Phi) is 8.88. The van der Waals surface area contributed by atoms with Crippen LogP contribution in [0.25, 0.3) is 0 Å². The van der Waals surface area contributed by atoms with Gasteiger partial charge in [0, 0.05) is 6.08 Å². The monoisotopic (exact) mass is 266 g/mol. The third-order valence-corrected chi connectivity index (χ3v) is 2.98. The summed E-state index contributed by atoms with van der Waals surface area (Å²) in [7, 11) is 1.38. The van der Waals surface area contributed by atoms with E-state index in [9.17, 15) is 9.90 Å². The molecule has 0 saturated carbocycles. The van der Waals surface area contributed by atoms with Crippen molar-refractivity contribution in [1.82, 2.24) is 0 Å². The number of esters is 1. The van der Waals surface area contributed by atoms with Crippen LogP contribution >= 0.6 is 0 Å². The number of hydrogen-bond donors (Lipinski definition) is 1. The standard InChI is InChI=1S/C16H26O3/c1-12(2)15(17)10-9-13(3)7-6-8-14(4)11-16(18)19-5/h7,11,15,17H,1,6,8-10H2,2-5H3/b13-7+,14-11+. The minimum Gasteiger partial charge on any atom is -0.466 e. The summed E-state index contributed by atoms with van der Waals surface area (Å²) >= 11 is 0. The van der Waals surface area contributed by atoms with Crippen LogP contribution < -0.4 is 0 Å². The van der Waals surface area contributed by atoms with E-state index in [1.54, 1.807) is 0 Å². The van der Waals surface area contributed by atoms with Crippen LogP contribution in [-0.2, 0) is 9.53 Å². The predicted molar refractivity (Wildman–Crippen MR) is 78.8 cm³/mol. The maximum absolute atomic E-state index is 11.0. The van der Waals surface area contributed by atoms with Crippen molar-refractivity contribution in [2.24, 2.45) is 0 Å². The molecule has 0 bridgehead atoms. The summed E-state index contributed by atoms with van der Waals surface area (Å²) in [6.07, 6.45) is 6.59. The first kappa shape index (κ1) is 17.6. The lowest BCUT2D eigenvalue weighted by Gasteiger charge is -2.09. The molecule has 3 nitrogen and oxygen atoms in total. The number of methoxy groups -OCH3 is 1. The highest BCUT2D eigenvalue weighted by Crippen LogP contribution is 2.13. The molecule has 0 rings (SSSR count). The molecule has 0 fully saturated rings. The van der Waals surface area contributed by atoms with E-state index < -0.39 is 6.10 Å². The quantitative estimate of drug-likeness (QED) is 0.415. The van der Waals surface area contributed by atoms with Gasteiger partial charge in [0.2, 0.25) is 0 Å². The van der Waals surface area contributed by atoms with Crippen molar-refractivity contribution < 1.29 is 14.6 Å². The van der Waals surface area contributed by atoms with Gasteiger partial charge < -0.3 is 9.84 Å². The smallest absolute Gasteiger partial charge is 0.330 e. The second kappa shape index (κ2) is 9.56. The molecule has 0 aromatic rings. The molecular formula is C16H26O3. The summed E-state index contributed by atoms with van der Waals surface area (Å²) in [5.74, 6) is -0.303. The topological polar surface area (TPSA) is 46.5 Å². The third kappa shape index (κ3) is 9.25. The van der Waals surface area contributed by atoms with Crippen molar-refractivity contribution in [3.8, 4) is 0 Å². The van der Waals surface area contributed by atoms with Crippen molar-refractivity contribution in [3.05, 3.63) is 35.5 Å². The molecule has 0 heterocycles. The Bertz CT molecular complexity index is 364. The maximum atomic E-state index is 11.0. The molecule has 1 N–H and O–H groups in total. The minimum atomic E-state index is -0.413. The first-order valence-corrected chi connectivity index (χ1v) is 6.61. The largest absolute Gasteiger partial charge is 0.466 e. The first-order chi connectivity index (χ1) is 8.86. The van der Waals surface area contributed by atoms with Crippen LogP contribution in [0.3, 0.4) is 0 Å². The second-order valence-corrected chi connectivity index (χ2v) is 5.00. The molecule has 0 radical (unpaired) electrons. The molecule has 3 heteroatoms. The van der Waals surface area contributed by atoms with E-state index in [0.717, 1.165) is 30.4 Å². The molecule has 108 valence electrons. The molecule has 1 atom stereocenters. The molecule has 0 aliphatic heterocycles. The number of rotatable bonds is 8. The predicted octanol–water partition coefficient (Wildman–Crippen LogP) is 3.55. The van der Waals surface area contributed by atoms with Crippen molar-refractivity contribution in [3.63, 3.8) is 0 Å². The number of carbonyl (C=O) groups excluding carboxylic acids is 1. The lowest BCUT2D eigenvalue weighted by Crippen LogP contribution is -2.06. The van der Waals surface area contributed by atoms with E-state index in [1.807, 2.05) is 13.8 Å². The van der Waals surface area contributed by atoms with Gasteiger partial charge in [-0.2, -0.15) is 0 Å². The minimum absolute atomic E-state index is 0.303. The second-order valence-electron chi connectivity index (χ2n) is 5.00. The van der Waals surface area contributed by atoms with Gasteiger partial charge >= 0.3 is 5.97 Å². The summed E-state index contributed by atoms with van der Waals surface area (Å²) < 4.78 is 4.57. The SMILES string of the molecule is C=C(C)C(O)CC/C(C)=C/CC/C(C)=C/C(=O)OC. The van der Waals surface area contributed by atoms with Gasteiger partial charge in [-0.1, -0.05) is 29.4 Å². The summed E-state index contributed by atoms with van der Waals surface area (Å²) in [6, 6.07) is 0. The third-order valence-electron chi connectivity index (χ3n) is 2.98. The van der Waals surface area contributed by atoms with Gasteiger partial charge in [0.05, 0.1) is 13.2 Å². The van der Waals surface area contributed by atoms with E-state index in [0.29, 0.717) is 6.42 Å². The Morgan fingerprint density at radius 3 is 2.42 bits per heavy atom. The van der Waals surface area contributed by atoms with Crippen LogP contribution in [0.2, 0.25) is 0 Å². The molecule has 0 aromatic heterocycles. The lowest BCUT2D eigenvalue weighted by molar-refractivity contribution is -0.134. The maximum Gasteiger partial charge on any atom is 0.330 e. The fraction of sp³-hybridized carbons (Fsp3) is 0.562. The van der Waals surface area contributed by atoms with Crippen molar-refractivity contribution >= 4 is 5.97 Å². The van der Waals surface area contributed by atoms with Crippen LogP contribution in [-0.4, -0.2) is 24.3 Å². The molecule has 0 aliphatic rings. The highest BCUT2D eigenvalue weighted by atomic mass is 16.5. The Labute approximate surface area is 116 Å². The van der Waals surface area contributed by atoms with Gasteiger partial charge in [0.1, 0.15) is 0 Å². The number of aliphatic hydroxyl groups is 1. The Balaban J connectivity index is 4.03. The molecule has 0 amide bonds. The van der Waals surface area contributed by atoms with Gasteiger partial charge in [-0.15, -0.1) is 0 Å². The molecule has 0 saturated heterocycles. The zero-order valence-corrected chi connectivity index (χ0v) is 12.5. The Morgan fingerprint density at radius 1 is 1.26 bits per heavy atom. The summed E-state index contributed by atoms with van der Waals surface area (Å²) in [5.41, 5.74) is 3.08. The summed E-state index contributed by atoms with van der Waals surface area (Å²) in [6.45, 7) is 9.55. The van der Waals surface area contributed by atoms with Crippen LogP contribution in [0.1, 0.15) is 46.5 Å². The molecule has 0 aromatic carbocycles. The van der Waals surface area contributed by atoms with Crippen molar-refractivity contribution in [2.75, 3.05) is 7.11 Å². The van der Waals surface area contributed by atoms with Crippen molar-refractivity contribution in [2.45, 2.75) is 52.6 Å².